The minimum atomic E-state index is -0.915. The number of anilines is 1. The second kappa shape index (κ2) is 7.97. The molecule has 0 saturated carbocycles. The predicted octanol–water partition coefficient (Wildman–Crippen LogP) is 5.93. The van der Waals surface area contributed by atoms with E-state index in [0.29, 0.717) is 21.7 Å². The summed E-state index contributed by atoms with van der Waals surface area (Å²) in [6.45, 7) is 4.14. The zero-order valence-electron chi connectivity index (χ0n) is 17.8. The fourth-order valence-corrected chi connectivity index (χ4v) is 4.96. The van der Waals surface area contributed by atoms with E-state index in [9.17, 15) is 19.1 Å². The summed E-state index contributed by atoms with van der Waals surface area (Å²) >= 11 is 1.11. The number of nitrogens with zero attached hydrogens (tertiary/aromatic N) is 2. The minimum Gasteiger partial charge on any atom is -0.503 e. The summed E-state index contributed by atoms with van der Waals surface area (Å²) in [5.74, 6) is -2.09. The van der Waals surface area contributed by atoms with Crippen molar-refractivity contribution in [3.63, 3.8) is 0 Å². The van der Waals surface area contributed by atoms with Crippen LogP contribution in [0.25, 0.3) is 10.2 Å². The van der Waals surface area contributed by atoms with Gasteiger partial charge in [0.2, 0.25) is 5.78 Å². The number of amides is 1. The van der Waals surface area contributed by atoms with E-state index in [-0.39, 0.29) is 16.5 Å². The van der Waals surface area contributed by atoms with Crippen LogP contribution in [0.2, 0.25) is 0 Å². The third-order valence-corrected chi connectivity index (χ3v) is 6.68. The van der Waals surface area contributed by atoms with Crippen molar-refractivity contribution in [1.29, 1.82) is 0 Å². The van der Waals surface area contributed by atoms with Crippen LogP contribution in [0.15, 0.2) is 76.6 Å². The van der Waals surface area contributed by atoms with Gasteiger partial charge in [0.05, 0.1) is 28.1 Å². The van der Waals surface area contributed by atoms with Crippen molar-refractivity contribution in [3.05, 3.63) is 94.9 Å². The average molecular weight is 463 g/mol. The number of halogens is 1. The molecule has 166 valence electrons. The molecule has 1 aliphatic rings. The van der Waals surface area contributed by atoms with E-state index in [4.69, 9.17) is 4.42 Å². The van der Waals surface area contributed by atoms with Gasteiger partial charge < -0.3 is 9.52 Å². The Morgan fingerprint density at radius 3 is 2.61 bits per heavy atom. The Hall–Kier alpha value is -3.78. The predicted molar refractivity (Wildman–Crippen MR) is 123 cm³/mol. The number of rotatable bonds is 5. The molecule has 1 unspecified atom stereocenters. The largest absolute Gasteiger partial charge is 0.503 e. The maximum atomic E-state index is 13.7. The summed E-state index contributed by atoms with van der Waals surface area (Å²) in [4.78, 5) is 32.3. The molecule has 3 heterocycles. The van der Waals surface area contributed by atoms with Crippen molar-refractivity contribution in [2.75, 3.05) is 4.90 Å². The van der Waals surface area contributed by atoms with Gasteiger partial charge in [0.25, 0.3) is 5.91 Å². The Labute approximate surface area is 192 Å². The molecule has 2 aromatic carbocycles. The highest BCUT2D eigenvalue weighted by Gasteiger charge is 2.46. The third kappa shape index (κ3) is 3.52. The van der Waals surface area contributed by atoms with Gasteiger partial charge in [-0.3, -0.25) is 14.5 Å². The topological polar surface area (TPSA) is 83.6 Å². The number of carbonyl (C=O) groups is 2. The molecule has 0 radical (unpaired) electrons. The van der Waals surface area contributed by atoms with Gasteiger partial charge in [0.15, 0.2) is 16.7 Å². The fourth-order valence-electron chi connectivity index (χ4n) is 3.94. The molecule has 2 aromatic heterocycles. The lowest BCUT2D eigenvalue weighted by Gasteiger charge is -2.24. The second-order valence-electron chi connectivity index (χ2n) is 8.08. The van der Waals surface area contributed by atoms with Gasteiger partial charge in [0.1, 0.15) is 5.82 Å². The quantitative estimate of drug-likeness (QED) is 0.372. The number of Topliss-reactive ketones (excluding diaryl/α,β-unsaturated/α-hetero) is 1. The van der Waals surface area contributed by atoms with Crippen LogP contribution in [-0.2, 0) is 4.79 Å². The van der Waals surface area contributed by atoms with Crippen LogP contribution in [0.4, 0.5) is 9.52 Å². The Morgan fingerprint density at radius 2 is 1.94 bits per heavy atom. The van der Waals surface area contributed by atoms with Crippen LogP contribution < -0.4 is 4.90 Å². The summed E-state index contributed by atoms with van der Waals surface area (Å²) in [6, 6.07) is 13.8. The van der Waals surface area contributed by atoms with Gasteiger partial charge in [0, 0.05) is 0 Å². The summed E-state index contributed by atoms with van der Waals surface area (Å²) in [6.07, 6.45) is 1.36. The van der Waals surface area contributed by atoms with Gasteiger partial charge in [-0.25, -0.2) is 9.37 Å². The summed E-state index contributed by atoms with van der Waals surface area (Å²) < 4.78 is 19.5. The molecule has 8 heteroatoms. The molecule has 1 amide bonds. The van der Waals surface area contributed by atoms with Crippen LogP contribution in [0.1, 0.15) is 47.5 Å². The van der Waals surface area contributed by atoms with Crippen LogP contribution in [0.5, 0.6) is 0 Å². The number of thiazole rings is 1. The molecule has 0 fully saturated rings. The molecule has 1 N–H and O–H groups in total. The number of aliphatic hydroxyl groups excluding tert-OH is 1. The SMILES string of the molecule is CC(C)c1ccc(C2C(C(=O)c3ccco3)=C(O)C(=O)N2c2nc3ccc(F)cc3s2)cc1. The number of ketones is 1. The van der Waals surface area contributed by atoms with Crippen LogP contribution in [0, 0.1) is 5.82 Å². The molecule has 4 aromatic rings. The van der Waals surface area contributed by atoms with E-state index in [1.807, 2.05) is 24.3 Å². The van der Waals surface area contributed by atoms with E-state index >= 15 is 0 Å². The normalized spacial score (nSPS) is 16.4. The van der Waals surface area contributed by atoms with Gasteiger partial charge in [-0.2, -0.15) is 0 Å². The maximum absolute atomic E-state index is 13.7. The number of furan rings is 1. The Morgan fingerprint density at radius 1 is 1.18 bits per heavy atom. The van der Waals surface area contributed by atoms with Crippen molar-refractivity contribution in [3.8, 4) is 0 Å². The van der Waals surface area contributed by atoms with Crippen molar-refractivity contribution in [2.45, 2.75) is 25.8 Å². The smallest absolute Gasteiger partial charge is 0.296 e. The summed E-state index contributed by atoms with van der Waals surface area (Å²) in [5, 5.41) is 11.1. The molecular weight excluding hydrogens is 443 g/mol. The lowest BCUT2D eigenvalue weighted by molar-refractivity contribution is -0.117. The maximum Gasteiger partial charge on any atom is 0.296 e. The summed E-state index contributed by atoms with van der Waals surface area (Å²) in [5.41, 5.74) is 2.16. The molecule has 1 aliphatic heterocycles. The monoisotopic (exact) mass is 462 g/mol. The van der Waals surface area contributed by atoms with Crippen LogP contribution >= 0.6 is 11.3 Å². The first-order valence-corrected chi connectivity index (χ1v) is 11.2. The molecule has 0 bridgehead atoms. The standard InChI is InChI=1S/C25H19FN2O4S/c1-13(2)14-5-7-15(8-6-14)21-20(22(29)18-4-3-11-32-18)23(30)24(31)28(21)25-27-17-10-9-16(26)12-19(17)33-25/h3-13,21,30H,1-2H3. The molecule has 0 spiro atoms. The number of hydrogen-bond donors (Lipinski definition) is 1. The first-order valence-electron chi connectivity index (χ1n) is 10.4. The van der Waals surface area contributed by atoms with Crippen molar-refractivity contribution >= 4 is 38.4 Å². The van der Waals surface area contributed by atoms with E-state index in [1.165, 1.54) is 35.4 Å². The van der Waals surface area contributed by atoms with E-state index in [2.05, 4.69) is 18.8 Å². The molecule has 1 atom stereocenters. The number of fused-ring (bicyclic) bond motifs is 1. The highest BCUT2D eigenvalue weighted by atomic mass is 32.1. The molecule has 5 rings (SSSR count). The number of hydrogen-bond acceptors (Lipinski definition) is 6. The number of aromatic nitrogens is 1. The number of aliphatic hydroxyl groups is 1. The van der Waals surface area contributed by atoms with E-state index in [1.54, 1.807) is 6.07 Å². The Balaban J connectivity index is 1.67. The molecule has 0 aliphatic carbocycles. The van der Waals surface area contributed by atoms with E-state index in [0.717, 1.165) is 16.9 Å². The Bertz CT molecular complexity index is 1400. The zero-order chi connectivity index (χ0) is 23.3. The lowest BCUT2D eigenvalue weighted by atomic mass is 9.93. The first kappa shape index (κ1) is 21.1. The fraction of sp³-hybridized carbons (Fsp3) is 0.160. The number of carbonyl (C=O) groups excluding carboxylic acids is 2. The molecule has 33 heavy (non-hydrogen) atoms. The van der Waals surface area contributed by atoms with Crippen LogP contribution in [-0.4, -0.2) is 21.8 Å². The van der Waals surface area contributed by atoms with Gasteiger partial charge >= 0.3 is 0 Å². The Kier molecular flexibility index (Phi) is 5.09. The van der Waals surface area contributed by atoms with Crippen molar-refractivity contribution in [2.24, 2.45) is 0 Å². The molecule has 6 nitrogen and oxygen atoms in total. The second-order valence-corrected chi connectivity index (χ2v) is 9.09. The van der Waals surface area contributed by atoms with Gasteiger partial charge in [-0.15, -0.1) is 0 Å². The average Bonchev–Trinajstić information content (AvgIpc) is 3.52. The lowest BCUT2D eigenvalue weighted by Crippen LogP contribution is -2.31. The minimum absolute atomic E-state index is 0.0152. The zero-order valence-corrected chi connectivity index (χ0v) is 18.6. The summed E-state index contributed by atoms with van der Waals surface area (Å²) in [7, 11) is 0. The molecular formula is C25H19FN2O4S. The highest BCUT2D eigenvalue weighted by molar-refractivity contribution is 7.22. The first-order chi connectivity index (χ1) is 15.8. The highest BCUT2D eigenvalue weighted by Crippen LogP contribution is 2.44. The van der Waals surface area contributed by atoms with Crippen molar-refractivity contribution in [1.82, 2.24) is 4.98 Å². The van der Waals surface area contributed by atoms with E-state index < -0.39 is 29.3 Å². The van der Waals surface area contributed by atoms with Gasteiger partial charge in [-0.05, 0) is 47.4 Å². The van der Waals surface area contributed by atoms with Crippen molar-refractivity contribution < 1.29 is 23.5 Å². The molecule has 0 saturated heterocycles. The van der Waals surface area contributed by atoms with Gasteiger partial charge in [-0.1, -0.05) is 49.4 Å². The number of benzene rings is 2. The van der Waals surface area contributed by atoms with Crippen LogP contribution in [0.3, 0.4) is 0 Å². The third-order valence-electron chi connectivity index (χ3n) is 5.66.